The highest BCUT2D eigenvalue weighted by Crippen LogP contribution is 2.38. The Morgan fingerprint density at radius 2 is 1.64 bits per heavy atom. The molecule has 0 unspecified atom stereocenters. The van der Waals surface area contributed by atoms with Crippen molar-refractivity contribution in [2.45, 2.75) is 0 Å². The average Bonchev–Trinajstić information content (AvgIpc) is 3.37. The lowest BCUT2D eigenvalue weighted by atomic mass is 10.1. The number of aromatic nitrogens is 2. The molecule has 36 heavy (non-hydrogen) atoms. The zero-order chi connectivity index (χ0) is 24.5. The Morgan fingerprint density at radius 1 is 0.889 bits per heavy atom. The highest BCUT2D eigenvalue weighted by atomic mass is 32.1. The van der Waals surface area contributed by atoms with Crippen molar-refractivity contribution in [2.75, 3.05) is 50.7 Å². The topological polar surface area (TPSA) is 68.7 Å². The van der Waals surface area contributed by atoms with E-state index in [1.165, 1.54) is 10.4 Å². The van der Waals surface area contributed by atoms with Gasteiger partial charge < -0.3 is 24.4 Å². The van der Waals surface area contributed by atoms with Crippen molar-refractivity contribution in [2.24, 2.45) is 0 Å². The second-order valence-corrected chi connectivity index (χ2v) is 9.45. The Morgan fingerprint density at radius 3 is 2.42 bits per heavy atom. The van der Waals surface area contributed by atoms with Crippen molar-refractivity contribution in [1.82, 2.24) is 9.97 Å². The van der Waals surface area contributed by atoms with E-state index in [0.29, 0.717) is 23.1 Å². The van der Waals surface area contributed by atoms with Gasteiger partial charge in [0.1, 0.15) is 5.82 Å². The van der Waals surface area contributed by atoms with E-state index in [2.05, 4.69) is 58.1 Å². The van der Waals surface area contributed by atoms with E-state index in [9.17, 15) is 0 Å². The van der Waals surface area contributed by atoms with Crippen LogP contribution in [0.25, 0.3) is 32.4 Å². The molecule has 0 amide bonds. The van der Waals surface area contributed by atoms with Crippen molar-refractivity contribution < 1.29 is 14.2 Å². The lowest BCUT2D eigenvalue weighted by Crippen LogP contribution is -2.36. The minimum absolute atomic E-state index is 0.630. The number of benzene rings is 3. The van der Waals surface area contributed by atoms with Crippen LogP contribution in [0.5, 0.6) is 11.5 Å². The first-order chi connectivity index (χ1) is 17.7. The smallest absolute Gasteiger partial charge is 0.163 e. The Balaban J connectivity index is 1.44. The molecule has 5 aromatic rings. The molecular formula is C28H26N4O3S. The van der Waals surface area contributed by atoms with Crippen LogP contribution in [0.2, 0.25) is 0 Å². The number of hydrogen-bond donors (Lipinski definition) is 1. The first kappa shape index (κ1) is 22.6. The van der Waals surface area contributed by atoms with Gasteiger partial charge in [-0.1, -0.05) is 18.2 Å². The highest BCUT2D eigenvalue weighted by Gasteiger charge is 2.17. The Kier molecular flexibility index (Phi) is 6.04. The van der Waals surface area contributed by atoms with Gasteiger partial charge in [-0.3, -0.25) is 0 Å². The lowest BCUT2D eigenvalue weighted by molar-refractivity contribution is 0.122. The van der Waals surface area contributed by atoms with Gasteiger partial charge in [0, 0.05) is 56.9 Å². The van der Waals surface area contributed by atoms with Gasteiger partial charge in [0.05, 0.1) is 33.0 Å². The monoisotopic (exact) mass is 498 g/mol. The molecule has 7 nitrogen and oxygen atoms in total. The molecule has 0 aliphatic carbocycles. The average molecular weight is 499 g/mol. The largest absolute Gasteiger partial charge is 0.493 e. The minimum Gasteiger partial charge on any atom is -0.493 e. The standard InChI is InChI=1S/C28H26N4O3S/c1-33-24-15-21-23(16-25(24)34-2)30-28(22-17-36-26-6-4-3-5-20(22)26)31-27(21)29-18-7-9-19(10-8-18)32-11-13-35-14-12-32/h3-10,15-17H,11-14H2,1-2H3,(H,29,30,31). The molecule has 8 heteroatoms. The number of methoxy groups -OCH3 is 2. The number of nitrogens with one attached hydrogen (secondary N) is 1. The number of hydrogen-bond acceptors (Lipinski definition) is 8. The summed E-state index contributed by atoms with van der Waals surface area (Å²) in [6.07, 6.45) is 0. The normalized spacial score (nSPS) is 13.8. The Hall–Kier alpha value is -3.88. The molecule has 1 aliphatic rings. The fourth-order valence-electron chi connectivity index (χ4n) is 4.54. The van der Waals surface area contributed by atoms with Gasteiger partial charge in [-0.15, -0.1) is 11.3 Å². The molecule has 2 aromatic heterocycles. The number of ether oxygens (including phenoxy) is 3. The molecule has 3 heterocycles. The zero-order valence-electron chi connectivity index (χ0n) is 20.2. The van der Waals surface area contributed by atoms with Crippen LogP contribution in [0.3, 0.4) is 0 Å². The van der Waals surface area contributed by atoms with E-state index in [4.69, 9.17) is 24.2 Å². The first-order valence-electron chi connectivity index (χ1n) is 11.8. The van der Waals surface area contributed by atoms with Gasteiger partial charge in [-0.05, 0) is 36.4 Å². The SMILES string of the molecule is COc1cc2nc(-c3csc4ccccc34)nc(Nc3ccc(N4CCOCC4)cc3)c2cc1OC. The van der Waals surface area contributed by atoms with Gasteiger partial charge in [-0.2, -0.15) is 0 Å². The molecule has 1 aliphatic heterocycles. The van der Waals surface area contributed by atoms with Crippen LogP contribution in [-0.4, -0.2) is 50.5 Å². The summed E-state index contributed by atoms with van der Waals surface area (Å²) < 4.78 is 17.8. The van der Waals surface area contributed by atoms with Crippen molar-refractivity contribution in [1.29, 1.82) is 0 Å². The minimum atomic E-state index is 0.630. The summed E-state index contributed by atoms with van der Waals surface area (Å²) in [5.74, 6) is 2.64. The molecule has 0 spiro atoms. The molecule has 3 aromatic carbocycles. The Bertz CT molecular complexity index is 1530. The first-order valence-corrected chi connectivity index (χ1v) is 12.7. The summed E-state index contributed by atoms with van der Waals surface area (Å²) >= 11 is 1.69. The van der Waals surface area contributed by atoms with Gasteiger partial charge in [0.15, 0.2) is 17.3 Å². The van der Waals surface area contributed by atoms with Gasteiger partial charge in [-0.25, -0.2) is 9.97 Å². The maximum absolute atomic E-state index is 5.57. The summed E-state index contributed by atoms with van der Waals surface area (Å²) in [7, 11) is 3.27. The second-order valence-electron chi connectivity index (χ2n) is 8.54. The van der Waals surface area contributed by atoms with Crippen molar-refractivity contribution in [3.63, 3.8) is 0 Å². The summed E-state index contributed by atoms with van der Waals surface area (Å²) in [5.41, 5.74) is 3.93. The van der Waals surface area contributed by atoms with Crippen LogP contribution in [0.1, 0.15) is 0 Å². The zero-order valence-corrected chi connectivity index (χ0v) is 21.0. The molecule has 1 fully saturated rings. The molecule has 0 saturated carbocycles. The van der Waals surface area contributed by atoms with E-state index in [1.807, 2.05) is 18.2 Å². The summed E-state index contributed by atoms with van der Waals surface area (Å²) in [6, 6.07) is 20.6. The number of morpholine rings is 1. The van der Waals surface area contributed by atoms with E-state index in [1.54, 1.807) is 25.6 Å². The molecule has 0 radical (unpaired) electrons. The molecule has 6 rings (SSSR count). The van der Waals surface area contributed by atoms with Crippen LogP contribution >= 0.6 is 11.3 Å². The molecule has 1 saturated heterocycles. The fourth-order valence-corrected chi connectivity index (χ4v) is 5.48. The van der Waals surface area contributed by atoms with E-state index in [-0.39, 0.29) is 0 Å². The molecule has 1 N–H and O–H groups in total. The third-order valence-corrected chi connectivity index (χ3v) is 7.39. The second kappa shape index (κ2) is 9.64. The van der Waals surface area contributed by atoms with E-state index < -0.39 is 0 Å². The third kappa shape index (κ3) is 4.19. The maximum atomic E-state index is 5.57. The third-order valence-electron chi connectivity index (χ3n) is 6.43. The molecule has 182 valence electrons. The summed E-state index contributed by atoms with van der Waals surface area (Å²) in [6.45, 7) is 3.34. The Labute approximate surface area is 213 Å². The van der Waals surface area contributed by atoms with Crippen LogP contribution < -0.4 is 19.7 Å². The summed E-state index contributed by atoms with van der Waals surface area (Å²) in [5, 5.41) is 7.64. The quantitative estimate of drug-likeness (QED) is 0.303. The van der Waals surface area contributed by atoms with Crippen LogP contribution in [-0.2, 0) is 4.74 Å². The lowest BCUT2D eigenvalue weighted by Gasteiger charge is -2.29. The van der Waals surface area contributed by atoms with E-state index >= 15 is 0 Å². The van der Waals surface area contributed by atoms with E-state index in [0.717, 1.165) is 53.8 Å². The predicted molar refractivity (Wildman–Crippen MR) is 146 cm³/mol. The van der Waals surface area contributed by atoms with Gasteiger partial charge in [0.25, 0.3) is 0 Å². The highest BCUT2D eigenvalue weighted by molar-refractivity contribution is 7.17. The van der Waals surface area contributed by atoms with Gasteiger partial charge >= 0.3 is 0 Å². The number of fused-ring (bicyclic) bond motifs is 2. The number of rotatable bonds is 6. The summed E-state index contributed by atoms with van der Waals surface area (Å²) in [4.78, 5) is 12.3. The van der Waals surface area contributed by atoms with Crippen LogP contribution in [0, 0.1) is 0 Å². The van der Waals surface area contributed by atoms with Crippen molar-refractivity contribution in [3.05, 3.63) is 66.0 Å². The predicted octanol–water partition coefficient (Wildman–Crippen LogP) is 6.11. The van der Waals surface area contributed by atoms with Crippen LogP contribution in [0.4, 0.5) is 17.2 Å². The van der Waals surface area contributed by atoms with Crippen molar-refractivity contribution in [3.8, 4) is 22.9 Å². The maximum Gasteiger partial charge on any atom is 0.163 e. The molecule has 0 atom stereocenters. The molecule has 0 bridgehead atoms. The van der Waals surface area contributed by atoms with Crippen LogP contribution in [0.15, 0.2) is 66.0 Å². The fraction of sp³-hybridized carbons (Fsp3) is 0.214. The number of nitrogens with zero attached hydrogens (tertiary/aromatic N) is 3. The molecular weight excluding hydrogens is 472 g/mol. The number of anilines is 3. The number of thiophene rings is 1. The van der Waals surface area contributed by atoms with Crippen molar-refractivity contribution >= 4 is 49.5 Å². The van der Waals surface area contributed by atoms with Gasteiger partial charge in [0.2, 0.25) is 0 Å².